The summed E-state index contributed by atoms with van der Waals surface area (Å²) in [5, 5.41) is 19.7. The zero-order chi connectivity index (χ0) is 18.0. The summed E-state index contributed by atoms with van der Waals surface area (Å²) in [6.07, 6.45) is 1.43. The van der Waals surface area contributed by atoms with Crippen LogP contribution in [0.3, 0.4) is 0 Å². The van der Waals surface area contributed by atoms with Gasteiger partial charge in [0, 0.05) is 24.2 Å². The maximum atomic E-state index is 12.5. The number of carbonyl (C=O) groups is 1. The molecule has 3 N–H and O–H groups in total. The van der Waals surface area contributed by atoms with Gasteiger partial charge in [0.2, 0.25) is 5.43 Å². The number of phenolic OH excluding ortho intramolecular Hbond substituents is 2. The van der Waals surface area contributed by atoms with Crippen molar-refractivity contribution < 1.29 is 19.8 Å². The van der Waals surface area contributed by atoms with Crippen molar-refractivity contribution in [2.24, 2.45) is 0 Å². The number of hydroxylamine groups is 1. The quantitative estimate of drug-likeness (QED) is 0.628. The van der Waals surface area contributed by atoms with Crippen LogP contribution in [0, 0.1) is 0 Å². The largest absolute Gasteiger partial charge is 0.508 e. The highest BCUT2D eigenvalue weighted by molar-refractivity contribution is 5.96. The van der Waals surface area contributed by atoms with Gasteiger partial charge >= 0.3 is 0 Å². The standard InChI is InChI=1S/C18H16N2O5/c1-25-19-18(24)15-10-20(9-11-6-12(21)8-13(22)7-11)16-5-3-2-4-14(16)17(15)23/h2-8,10,21-22H,9H2,1H3,(H,19,24). The van der Waals surface area contributed by atoms with E-state index in [4.69, 9.17) is 0 Å². The third-order valence-electron chi connectivity index (χ3n) is 3.74. The number of carbonyl (C=O) groups excluding carboxylic acids is 1. The van der Waals surface area contributed by atoms with Crippen molar-refractivity contribution in [1.29, 1.82) is 0 Å². The van der Waals surface area contributed by atoms with E-state index in [1.807, 2.05) is 0 Å². The lowest BCUT2D eigenvalue weighted by Crippen LogP contribution is -2.29. The van der Waals surface area contributed by atoms with E-state index in [0.29, 0.717) is 16.5 Å². The van der Waals surface area contributed by atoms with E-state index >= 15 is 0 Å². The van der Waals surface area contributed by atoms with E-state index in [2.05, 4.69) is 10.3 Å². The highest BCUT2D eigenvalue weighted by Crippen LogP contribution is 2.22. The second-order valence-electron chi connectivity index (χ2n) is 5.51. The van der Waals surface area contributed by atoms with Crippen LogP contribution in [0.15, 0.2) is 53.5 Å². The van der Waals surface area contributed by atoms with E-state index in [1.165, 1.54) is 31.5 Å². The predicted molar refractivity (Wildman–Crippen MR) is 91.6 cm³/mol. The lowest BCUT2D eigenvalue weighted by Gasteiger charge is -2.14. The smallest absolute Gasteiger partial charge is 0.280 e. The number of hydrogen-bond acceptors (Lipinski definition) is 5. The summed E-state index contributed by atoms with van der Waals surface area (Å²) < 4.78 is 1.70. The third kappa shape index (κ3) is 3.31. The van der Waals surface area contributed by atoms with Crippen LogP contribution in [0.2, 0.25) is 0 Å². The number of nitrogens with zero attached hydrogens (tertiary/aromatic N) is 1. The monoisotopic (exact) mass is 340 g/mol. The van der Waals surface area contributed by atoms with Crippen molar-refractivity contribution in [3.63, 3.8) is 0 Å². The summed E-state index contributed by atoms with van der Waals surface area (Å²) >= 11 is 0. The van der Waals surface area contributed by atoms with Crippen molar-refractivity contribution in [3.8, 4) is 11.5 Å². The second kappa shape index (κ2) is 6.66. The van der Waals surface area contributed by atoms with Crippen molar-refractivity contribution in [3.05, 3.63) is 70.0 Å². The van der Waals surface area contributed by atoms with Crippen molar-refractivity contribution in [1.82, 2.24) is 10.0 Å². The molecule has 1 heterocycles. The SMILES string of the molecule is CONC(=O)c1cn(Cc2cc(O)cc(O)c2)c2ccccc2c1=O. The van der Waals surface area contributed by atoms with Gasteiger partial charge in [0.1, 0.15) is 17.1 Å². The van der Waals surface area contributed by atoms with E-state index in [1.54, 1.807) is 28.8 Å². The Bertz CT molecular complexity index is 990. The molecular weight excluding hydrogens is 324 g/mol. The van der Waals surface area contributed by atoms with Gasteiger partial charge in [0.15, 0.2) is 0 Å². The number of pyridine rings is 1. The average molecular weight is 340 g/mol. The minimum absolute atomic E-state index is 0.0649. The predicted octanol–water partition coefficient (Wildman–Crippen LogP) is 1.75. The van der Waals surface area contributed by atoms with Gasteiger partial charge in [-0.2, -0.15) is 0 Å². The molecule has 7 nitrogen and oxygen atoms in total. The summed E-state index contributed by atoms with van der Waals surface area (Å²) in [6, 6.07) is 11.1. The first-order valence-corrected chi connectivity index (χ1v) is 7.47. The van der Waals surface area contributed by atoms with Gasteiger partial charge in [0.05, 0.1) is 12.6 Å². The molecule has 0 aliphatic rings. The summed E-state index contributed by atoms with van der Waals surface area (Å²) in [5.41, 5.74) is 2.92. The molecule has 0 atom stereocenters. The van der Waals surface area contributed by atoms with Crippen LogP contribution >= 0.6 is 0 Å². The molecule has 1 amide bonds. The van der Waals surface area contributed by atoms with Gasteiger partial charge in [-0.1, -0.05) is 12.1 Å². The van der Waals surface area contributed by atoms with Gasteiger partial charge in [-0.05, 0) is 29.8 Å². The molecule has 0 bridgehead atoms. The van der Waals surface area contributed by atoms with Crippen LogP contribution in [0.5, 0.6) is 11.5 Å². The number of benzene rings is 2. The first-order chi connectivity index (χ1) is 12.0. The molecule has 1 aromatic heterocycles. The number of aromatic nitrogens is 1. The molecule has 3 rings (SSSR count). The minimum Gasteiger partial charge on any atom is -0.508 e. The average Bonchev–Trinajstić information content (AvgIpc) is 2.57. The number of rotatable bonds is 4. The van der Waals surface area contributed by atoms with Gasteiger partial charge < -0.3 is 14.8 Å². The Morgan fingerprint density at radius 3 is 2.52 bits per heavy atom. The van der Waals surface area contributed by atoms with Crippen molar-refractivity contribution in [2.45, 2.75) is 6.54 Å². The molecule has 0 aliphatic carbocycles. The second-order valence-corrected chi connectivity index (χ2v) is 5.51. The lowest BCUT2D eigenvalue weighted by atomic mass is 10.1. The Balaban J connectivity index is 2.17. The number of nitrogens with one attached hydrogen (secondary N) is 1. The summed E-state index contributed by atoms with van der Waals surface area (Å²) in [5.74, 6) is -0.791. The van der Waals surface area contributed by atoms with Crippen LogP contribution in [0.4, 0.5) is 0 Å². The Labute approximate surface area is 142 Å². The van der Waals surface area contributed by atoms with E-state index < -0.39 is 11.3 Å². The summed E-state index contributed by atoms with van der Waals surface area (Å²) in [7, 11) is 1.28. The van der Waals surface area contributed by atoms with E-state index in [-0.39, 0.29) is 23.6 Å². The molecule has 0 aliphatic heterocycles. The first kappa shape index (κ1) is 16.5. The fraction of sp³-hybridized carbons (Fsp3) is 0.111. The number of aromatic hydroxyl groups is 2. The molecule has 128 valence electrons. The molecule has 3 aromatic rings. The van der Waals surface area contributed by atoms with Gasteiger partial charge in [0.25, 0.3) is 5.91 Å². The van der Waals surface area contributed by atoms with Gasteiger partial charge in [-0.25, -0.2) is 5.48 Å². The van der Waals surface area contributed by atoms with Gasteiger partial charge in [-0.15, -0.1) is 0 Å². The molecule has 0 radical (unpaired) electrons. The summed E-state index contributed by atoms with van der Waals surface area (Å²) in [4.78, 5) is 29.2. The van der Waals surface area contributed by atoms with E-state index in [0.717, 1.165) is 0 Å². The van der Waals surface area contributed by atoms with Gasteiger partial charge in [-0.3, -0.25) is 14.4 Å². The third-order valence-corrected chi connectivity index (χ3v) is 3.74. The number of fused-ring (bicyclic) bond motifs is 1. The van der Waals surface area contributed by atoms with Crippen LogP contribution < -0.4 is 10.9 Å². The molecule has 0 fully saturated rings. The number of para-hydroxylation sites is 1. The Morgan fingerprint density at radius 1 is 1.16 bits per heavy atom. The fourth-order valence-corrected chi connectivity index (χ4v) is 2.73. The van der Waals surface area contributed by atoms with Crippen LogP contribution in [-0.2, 0) is 11.4 Å². The number of hydrogen-bond donors (Lipinski definition) is 3. The Hall–Kier alpha value is -3.32. The number of amides is 1. The molecule has 0 saturated heterocycles. The topological polar surface area (TPSA) is 101 Å². The van der Waals surface area contributed by atoms with Crippen molar-refractivity contribution in [2.75, 3.05) is 7.11 Å². The Morgan fingerprint density at radius 2 is 1.84 bits per heavy atom. The van der Waals surface area contributed by atoms with Crippen LogP contribution in [0.1, 0.15) is 15.9 Å². The lowest BCUT2D eigenvalue weighted by molar-refractivity contribution is 0.0536. The molecule has 7 heteroatoms. The van der Waals surface area contributed by atoms with E-state index in [9.17, 15) is 19.8 Å². The van der Waals surface area contributed by atoms with Crippen LogP contribution in [0.25, 0.3) is 10.9 Å². The zero-order valence-corrected chi connectivity index (χ0v) is 13.4. The first-order valence-electron chi connectivity index (χ1n) is 7.47. The van der Waals surface area contributed by atoms with Crippen molar-refractivity contribution >= 4 is 16.8 Å². The molecule has 2 aromatic carbocycles. The zero-order valence-electron chi connectivity index (χ0n) is 13.4. The molecule has 0 unspecified atom stereocenters. The highest BCUT2D eigenvalue weighted by atomic mass is 16.6. The molecule has 0 spiro atoms. The maximum absolute atomic E-state index is 12.5. The number of phenols is 2. The van der Waals surface area contributed by atoms with Crippen LogP contribution in [-0.4, -0.2) is 27.8 Å². The summed E-state index contributed by atoms with van der Waals surface area (Å²) in [6.45, 7) is 0.246. The molecule has 0 saturated carbocycles. The Kier molecular flexibility index (Phi) is 4.40. The maximum Gasteiger partial charge on any atom is 0.280 e. The highest BCUT2D eigenvalue weighted by Gasteiger charge is 2.15. The fourth-order valence-electron chi connectivity index (χ4n) is 2.73. The molecule has 25 heavy (non-hydrogen) atoms. The normalized spacial score (nSPS) is 10.8. The molecular formula is C18H16N2O5. The minimum atomic E-state index is -0.647.